The highest BCUT2D eigenvalue weighted by Gasteiger charge is 2.15. The number of fused-ring (bicyclic) bond motifs is 1. The lowest BCUT2D eigenvalue weighted by atomic mass is 10.1. The smallest absolute Gasteiger partial charge is 0.307 e. The van der Waals surface area contributed by atoms with E-state index in [-0.39, 0.29) is 6.42 Å². The van der Waals surface area contributed by atoms with Crippen LogP contribution in [0.25, 0.3) is 11.0 Å². The molecule has 2 heterocycles. The van der Waals surface area contributed by atoms with Crippen LogP contribution in [0.3, 0.4) is 0 Å². The van der Waals surface area contributed by atoms with Gasteiger partial charge < -0.3 is 9.67 Å². The van der Waals surface area contributed by atoms with Crippen molar-refractivity contribution in [3.05, 3.63) is 23.3 Å². The first-order chi connectivity index (χ1) is 8.02. The number of carboxylic acid groups (broad SMARTS) is 1. The van der Waals surface area contributed by atoms with Crippen molar-refractivity contribution in [2.75, 3.05) is 0 Å². The second-order valence-electron chi connectivity index (χ2n) is 4.07. The number of carboxylic acids is 1. The second-order valence-corrected chi connectivity index (χ2v) is 4.07. The third kappa shape index (κ3) is 2.00. The SMILES string of the molecule is CCn1cc(CC(=O)O)c2c(C)nc(C)nc21. The maximum Gasteiger partial charge on any atom is 0.307 e. The molecule has 5 nitrogen and oxygen atoms in total. The summed E-state index contributed by atoms with van der Waals surface area (Å²) in [5.74, 6) is -0.121. The highest BCUT2D eigenvalue weighted by atomic mass is 16.4. The monoisotopic (exact) mass is 233 g/mol. The van der Waals surface area contributed by atoms with Gasteiger partial charge >= 0.3 is 5.97 Å². The molecule has 0 aromatic carbocycles. The Bertz CT molecular complexity index is 587. The Labute approximate surface area is 99.1 Å². The molecule has 1 N–H and O–H groups in total. The fraction of sp³-hybridized carbons (Fsp3) is 0.417. The lowest BCUT2D eigenvalue weighted by molar-refractivity contribution is -0.136. The topological polar surface area (TPSA) is 68.0 Å². The van der Waals surface area contributed by atoms with Crippen molar-refractivity contribution in [2.45, 2.75) is 33.7 Å². The molecule has 5 heteroatoms. The minimum absolute atomic E-state index is 0.0107. The maximum atomic E-state index is 10.8. The van der Waals surface area contributed by atoms with Crippen molar-refractivity contribution in [3.8, 4) is 0 Å². The third-order valence-electron chi connectivity index (χ3n) is 2.77. The van der Waals surface area contributed by atoms with Crippen LogP contribution >= 0.6 is 0 Å². The summed E-state index contributed by atoms with van der Waals surface area (Å²) in [6.07, 6.45) is 1.87. The van der Waals surface area contributed by atoms with Crippen LogP contribution in [0, 0.1) is 13.8 Å². The third-order valence-corrected chi connectivity index (χ3v) is 2.77. The van der Waals surface area contributed by atoms with E-state index >= 15 is 0 Å². The summed E-state index contributed by atoms with van der Waals surface area (Å²) in [6, 6.07) is 0. The number of aliphatic carboxylic acids is 1. The molecule has 0 aliphatic carbocycles. The average molecular weight is 233 g/mol. The van der Waals surface area contributed by atoms with E-state index in [1.807, 2.05) is 31.5 Å². The summed E-state index contributed by atoms with van der Waals surface area (Å²) in [5.41, 5.74) is 2.46. The van der Waals surface area contributed by atoms with Crippen molar-refractivity contribution in [1.82, 2.24) is 14.5 Å². The van der Waals surface area contributed by atoms with Crippen molar-refractivity contribution >= 4 is 17.0 Å². The lowest BCUT2D eigenvalue weighted by Gasteiger charge is -2.02. The highest BCUT2D eigenvalue weighted by Crippen LogP contribution is 2.23. The van der Waals surface area contributed by atoms with E-state index in [0.717, 1.165) is 28.8 Å². The maximum absolute atomic E-state index is 10.8. The molecule has 0 unspecified atom stereocenters. The highest BCUT2D eigenvalue weighted by molar-refractivity contribution is 5.86. The summed E-state index contributed by atoms with van der Waals surface area (Å²) in [5, 5.41) is 9.78. The van der Waals surface area contributed by atoms with Gasteiger partial charge in [0, 0.05) is 18.1 Å². The average Bonchev–Trinajstić information content (AvgIpc) is 2.55. The Hall–Kier alpha value is -1.91. The Balaban J connectivity index is 2.73. The fourth-order valence-corrected chi connectivity index (χ4v) is 2.13. The van der Waals surface area contributed by atoms with Gasteiger partial charge in [0.05, 0.1) is 12.1 Å². The van der Waals surface area contributed by atoms with Gasteiger partial charge in [-0.1, -0.05) is 0 Å². The number of aryl methyl sites for hydroxylation is 3. The summed E-state index contributed by atoms with van der Waals surface area (Å²) in [4.78, 5) is 19.5. The molecule has 0 aliphatic rings. The fourth-order valence-electron chi connectivity index (χ4n) is 2.13. The molecule has 2 aromatic heterocycles. The molecule has 0 bridgehead atoms. The van der Waals surface area contributed by atoms with E-state index in [2.05, 4.69) is 9.97 Å². The van der Waals surface area contributed by atoms with Crippen molar-refractivity contribution < 1.29 is 9.90 Å². The molecule has 0 radical (unpaired) electrons. The number of aromatic nitrogens is 3. The molecule has 0 amide bonds. The molecule has 2 aromatic rings. The van der Waals surface area contributed by atoms with Crippen LogP contribution in [0.4, 0.5) is 0 Å². The van der Waals surface area contributed by atoms with Crippen LogP contribution < -0.4 is 0 Å². The zero-order valence-corrected chi connectivity index (χ0v) is 10.2. The first-order valence-electron chi connectivity index (χ1n) is 5.57. The summed E-state index contributed by atoms with van der Waals surface area (Å²) < 4.78 is 1.97. The molecule has 0 spiro atoms. The molecule has 0 saturated carbocycles. The van der Waals surface area contributed by atoms with Crippen LogP contribution in [0.5, 0.6) is 0 Å². The van der Waals surface area contributed by atoms with E-state index in [9.17, 15) is 4.79 Å². The standard InChI is InChI=1S/C12H15N3O2/c1-4-15-6-9(5-10(16)17)11-7(2)13-8(3)14-12(11)15/h6H,4-5H2,1-3H3,(H,16,17). The number of rotatable bonds is 3. The van der Waals surface area contributed by atoms with Crippen LogP contribution in [0.15, 0.2) is 6.20 Å². The molecule has 2 rings (SSSR count). The summed E-state index contributed by atoms with van der Waals surface area (Å²) in [7, 11) is 0. The Morgan fingerprint density at radius 3 is 2.71 bits per heavy atom. The Morgan fingerprint density at radius 1 is 1.41 bits per heavy atom. The summed E-state index contributed by atoms with van der Waals surface area (Å²) >= 11 is 0. The summed E-state index contributed by atoms with van der Waals surface area (Å²) in [6.45, 7) is 6.52. The van der Waals surface area contributed by atoms with Crippen LogP contribution in [0.1, 0.15) is 24.0 Å². The minimum atomic E-state index is -0.833. The Kier molecular flexibility index (Phi) is 2.83. The molecular weight excluding hydrogens is 218 g/mol. The van der Waals surface area contributed by atoms with Gasteiger partial charge in [-0.15, -0.1) is 0 Å². The predicted molar refractivity (Wildman–Crippen MR) is 64.0 cm³/mol. The second kappa shape index (κ2) is 4.16. The van der Waals surface area contributed by atoms with Gasteiger partial charge in [-0.05, 0) is 26.3 Å². The molecule has 0 aliphatic heterocycles. The molecule has 17 heavy (non-hydrogen) atoms. The predicted octanol–water partition coefficient (Wildman–Crippen LogP) is 1.70. The van der Waals surface area contributed by atoms with Crippen LogP contribution in [-0.4, -0.2) is 25.6 Å². The van der Waals surface area contributed by atoms with Crippen molar-refractivity contribution in [2.24, 2.45) is 0 Å². The van der Waals surface area contributed by atoms with Crippen molar-refractivity contribution in [3.63, 3.8) is 0 Å². The van der Waals surface area contributed by atoms with Gasteiger partial charge in [-0.25, -0.2) is 9.97 Å². The molecule has 0 fully saturated rings. The van der Waals surface area contributed by atoms with E-state index < -0.39 is 5.97 Å². The zero-order chi connectivity index (χ0) is 12.6. The first kappa shape index (κ1) is 11.6. The zero-order valence-electron chi connectivity index (χ0n) is 10.2. The lowest BCUT2D eigenvalue weighted by Crippen LogP contribution is -2.00. The Morgan fingerprint density at radius 2 is 2.12 bits per heavy atom. The normalized spacial score (nSPS) is 11.0. The van der Waals surface area contributed by atoms with Gasteiger partial charge in [0.1, 0.15) is 11.5 Å². The van der Waals surface area contributed by atoms with Gasteiger partial charge in [0.25, 0.3) is 0 Å². The molecule has 90 valence electrons. The van der Waals surface area contributed by atoms with E-state index in [0.29, 0.717) is 5.82 Å². The molecule has 0 saturated heterocycles. The largest absolute Gasteiger partial charge is 0.481 e. The van der Waals surface area contributed by atoms with Gasteiger partial charge in [0.15, 0.2) is 0 Å². The molecule has 0 atom stereocenters. The van der Waals surface area contributed by atoms with E-state index in [4.69, 9.17) is 5.11 Å². The van der Waals surface area contributed by atoms with Crippen molar-refractivity contribution in [1.29, 1.82) is 0 Å². The minimum Gasteiger partial charge on any atom is -0.481 e. The van der Waals surface area contributed by atoms with E-state index in [1.54, 1.807) is 0 Å². The number of hydrogen-bond acceptors (Lipinski definition) is 3. The van der Waals surface area contributed by atoms with Crippen LogP contribution in [0.2, 0.25) is 0 Å². The van der Waals surface area contributed by atoms with Crippen LogP contribution in [-0.2, 0) is 17.8 Å². The van der Waals surface area contributed by atoms with E-state index in [1.165, 1.54) is 0 Å². The number of carbonyl (C=O) groups is 1. The molecular formula is C12H15N3O2. The van der Waals surface area contributed by atoms with Gasteiger partial charge in [0.2, 0.25) is 0 Å². The van der Waals surface area contributed by atoms with Gasteiger partial charge in [-0.2, -0.15) is 0 Å². The van der Waals surface area contributed by atoms with Gasteiger partial charge in [-0.3, -0.25) is 4.79 Å². The quantitative estimate of drug-likeness (QED) is 0.876. The first-order valence-corrected chi connectivity index (χ1v) is 5.57. The number of hydrogen-bond donors (Lipinski definition) is 1. The number of nitrogens with zero attached hydrogens (tertiary/aromatic N) is 3.